The van der Waals surface area contributed by atoms with E-state index in [1.165, 1.54) is 5.56 Å². The maximum atomic E-state index is 11.7. The zero-order valence-electron chi connectivity index (χ0n) is 9.43. The molecule has 0 radical (unpaired) electrons. The summed E-state index contributed by atoms with van der Waals surface area (Å²) in [5, 5.41) is 0.109. The zero-order chi connectivity index (χ0) is 11.6. The SMILES string of the molecule is Cc1cc(C)c(NS(=O)C(C)C)c(Br)c1. The molecule has 1 rings (SSSR count). The Balaban J connectivity index is 3.00. The minimum atomic E-state index is -1.03. The summed E-state index contributed by atoms with van der Waals surface area (Å²) in [4.78, 5) is 0. The third-order valence-corrected chi connectivity index (χ3v) is 3.95. The van der Waals surface area contributed by atoms with E-state index < -0.39 is 11.0 Å². The maximum Gasteiger partial charge on any atom is 0.119 e. The van der Waals surface area contributed by atoms with Gasteiger partial charge in [-0.15, -0.1) is 0 Å². The Hall–Kier alpha value is -0.350. The van der Waals surface area contributed by atoms with Crippen molar-refractivity contribution in [1.82, 2.24) is 0 Å². The second kappa shape index (κ2) is 5.12. The molecule has 1 aromatic rings. The maximum absolute atomic E-state index is 11.7. The minimum absolute atomic E-state index is 0.109. The predicted octanol–water partition coefficient (Wildman–Crippen LogP) is 3.55. The lowest BCUT2D eigenvalue weighted by atomic mass is 10.1. The molecule has 0 aliphatic heterocycles. The first-order valence-corrected chi connectivity index (χ1v) is 6.86. The van der Waals surface area contributed by atoms with Crippen molar-refractivity contribution in [2.45, 2.75) is 32.9 Å². The minimum Gasteiger partial charge on any atom is -0.304 e. The summed E-state index contributed by atoms with van der Waals surface area (Å²) in [7, 11) is -1.03. The van der Waals surface area contributed by atoms with E-state index in [-0.39, 0.29) is 5.25 Å². The standard InChI is InChI=1S/C11H16BrNOS/c1-7(2)15(14)13-11-9(4)5-8(3)6-10(11)12/h5-7,13H,1-4H3. The fourth-order valence-electron chi connectivity index (χ4n) is 1.26. The second-order valence-electron chi connectivity index (χ2n) is 3.89. The summed E-state index contributed by atoms with van der Waals surface area (Å²) in [6.07, 6.45) is 0. The highest BCUT2D eigenvalue weighted by Crippen LogP contribution is 2.28. The van der Waals surface area contributed by atoms with Crippen LogP contribution >= 0.6 is 15.9 Å². The van der Waals surface area contributed by atoms with Gasteiger partial charge in [0.2, 0.25) is 0 Å². The fourth-order valence-corrected chi connectivity index (χ4v) is 2.88. The summed E-state index contributed by atoms with van der Waals surface area (Å²) in [6, 6.07) is 4.09. The Morgan fingerprint density at radius 1 is 1.33 bits per heavy atom. The molecule has 0 amide bonds. The van der Waals surface area contributed by atoms with Crippen LogP contribution in [0.5, 0.6) is 0 Å². The van der Waals surface area contributed by atoms with Crippen LogP contribution in [0.4, 0.5) is 5.69 Å². The first-order valence-electron chi connectivity index (χ1n) is 4.85. The molecular formula is C11H16BrNOS. The van der Waals surface area contributed by atoms with E-state index >= 15 is 0 Å². The number of anilines is 1. The van der Waals surface area contributed by atoms with Crippen molar-refractivity contribution >= 4 is 32.6 Å². The Morgan fingerprint density at radius 2 is 1.93 bits per heavy atom. The Bertz CT molecular complexity index is 367. The highest BCUT2D eigenvalue weighted by molar-refractivity contribution is 9.10. The van der Waals surface area contributed by atoms with Crippen LogP contribution in [0, 0.1) is 13.8 Å². The van der Waals surface area contributed by atoms with E-state index in [0.29, 0.717) is 0 Å². The zero-order valence-corrected chi connectivity index (χ0v) is 11.8. The van der Waals surface area contributed by atoms with Crippen LogP contribution < -0.4 is 4.72 Å². The summed E-state index contributed by atoms with van der Waals surface area (Å²) in [5.74, 6) is 0. The molecule has 0 saturated carbocycles. The second-order valence-corrected chi connectivity index (χ2v) is 6.48. The largest absolute Gasteiger partial charge is 0.304 e. The molecule has 0 aliphatic rings. The van der Waals surface area contributed by atoms with Crippen LogP contribution in [0.15, 0.2) is 16.6 Å². The molecule has 84 valence electrons. The molecule has 1 unspecified atom stereocenters. The predicted molar refractivity (Wildman–Crippen MR) is 70.5 cm³/mol. The number of nitrogens with one attached hydrogen (secondary N) is 1. The lowest BCUT2D eigenvalue weighted by molar-refractivity contribution is 0.680. The average Bonchev–Trinajstić information content (AvgIpc) is 2.10. The smallest absolute Gasteiger partial charge is 0.119 e. The van der Waals surface area contributed by atoms with E-state index in [0.717, 1.165) is 15.7 Å². The first kappa shape index (κ1) is 12.7. The molecule has 1 N–H and O–H groups in total. The van der Waals surface area contributed by atoms with Gasteiger partial charge in [0.1, 0.15) is 11.0 Å². The van der Waals surface area contributed by atoms with Crippen LogP contribution in [-0.2, 0) is 11.0 Å². The molecular weight excluding hydrogens is 274 g/mol. The summed E-state index contributed by atoms with van der Waals surface area (Å²) in [6.45, 7) is 7.92. The van der Waals surface area contributed by atoms with Gasteiger partial charge in [0.15, 0.2) is 0 Å². The van der Waals surface area contributed by atoms with Crippen molar-refractivity contribution < 1.29 is 4.21 Å². The topological polar surface area (TPSA) is 29.1 Å². The molecule has 0 spiro atoms. The van der Waals surface area contributed by atoms with Crippen molar-refractivity contribution in [3.05, 3.63) is 27.7 Å². The van der Waals surface area contributed by atoms with E-state index in [2.05, 4.69) is 26.7 Å². The van der Waals surface area contributed by atoms with Crippen molar-refractivity contribution in [1.29, 1.82) is 0 Å². The molecule has 0 saturated heterocycles. The highest BCUT2D eigenvalue weighted by Gasteiger charge is 2.10. The molecule has 0 fully saturated rings. The van der Waals surface area contributed by atoms with Crippen LogP contribution in [0.3, 0.4) is 0 Å². The van der Waals surface area contributed by atoms with Gasteiger partial charge in [-0.2, -0.15) is 0 Å². The van der Waals surface area contributed by atoms with Crippen LogP contribution in [-0.4, -0.2) is 9.46 Å². The number of halogens is 1. The van der Waals surface area contributed by atoms with Crippen molar-refractivity contribution in [2.75, 3.05) is 4.72 Å². The van der Waals surface area contributed by atoms with Gasteiger partial charge < -0.3 is 4.72 Å². The normalized spacial score (nSPS) is 12.9. The number of hydrogen-bond acceptors (Lipinski definition) is 1. The molecule has 0 aliphatic carbocycles. The van der Waals surface area contributed by atoms with Gasteiger partial charge in [-0.3, -0.25) is 0 Å². The molecule has 4 heteroatoms. The molecule has 1 atom stereocenters. The van der Waals surface area contributed by atoms with Gasteiger partial charge in [-0.25, -0.2) is 4.21 Å². The van der Waals surface area contributed by atoms with Gasteiger partial charge in [0.05, 0.1) is 5.69 Å². The molecule has 2 nitrogen and oxygen atoms in total. The van der Waals surface area contributed by atoms with Crippen molar-refractivity contribution in [3.8, 4) is 0 Å². The van der Waals surface area contributed by atoms with Gasteiger partial charge in [-0.1, -0.05) is 6.07 Å². The van der Waals surface area contributed by atoms with E-state index in [4.69, 9.17) is 0 Å². The van der Waals surface area contributed by atoms with Gasteiger partial charge in [0, 0.05) is 9.72 Å². The van der Waals surface area contributed by atoms with Gasteiger partial charge >= 0.3 is 0 Å². The third kappa shape index (κ3) is 3.31. The molecule has 15 heavy (non-hydrogen) atoms. The quantitative estimate of drug-likeness (QED) is 0.906. The third-order valence-electron chi connectivity index (χ3n) is 2.06. The van der Waals surface area contributed by atoms with Crippen molar-refractivity contribution in [2.24, 2.45) is 0 Å². The summed E-state index contributed by atoms with van der Waals surface area (Å²) < 4.78 is 15.7. The fraction of sp³-hybridized carbons (Fsp3) is 0.455. The molecule has 0 bridgehead atoms. The monoisotopic (exact) mass is 289 g/mol. The van der Waals surface area contributed by atoms with Crippen LogP contribution in [0.25, 0.3) is 0 Å². The highest BCUT2D eigenvalue weighted by atomic mass is 79.9. The molecule has 0 aromatic heterocycles. The Morgan fingerprint density at radius 3 is 2.40 bits per heavy atom. The number of benzene rings is 1. The lowest BCUT2D eigenvalue weighted by Crippen LogP contribution is -2.15. The van der Waals surface area contributed by atoms with E-state index in [9.17, 15) is 4.21 Å². The first-order chi connectivity index (χ1) is 6.91. The molecule has 0 heterocycles. The summed E-state index contributed by atoms with van der Waals surface area (Å²) >= 11 is 3.48. The average molecular weight is 290 g/mol. The molecule has 1 aromatic carbocycles. The Kier molecular flexibility index (Phi) is 4.34. The van der Waals surface area contributed by atoms with Gasteiger partial charge in [-0.05, 0) is 60.8 Å². The number of aryl methyl sites for hydroxylation is 2. The van der Waals surface area contributed by atoms with Gasteiger partial charge in [0.25, 0.3) is 0 Å². The summed E-state index contributed by atoms with van der Waals surface area (Å²) in [5.41, 5.74) is 3.23. The number of hydrogen-bond donors (Lipinski definition) is 1. The van der Waals surface area contributed by atoms with Crippen LogP contribution in [0.2, 0.25) is 0 Å². The van der Waals surface area contributed by atoms with Crippen molar-refractivity contribution in [3.63, 3.8) is 0 Å². The van der Waals surface area contributed by atoms with Crippen LogP contribution in [0.1, 0.15) is 25.0 Å². The number of rotatable bonds is 3. The lowest BCUT2D eigenvalue weighted by Gasteiger charge is -2.13. The van der Waals surface area contributed by atoms with E-state index in [1.807, 2.05) is 33.8 Å². The Labute approximate surface area is 102 Å². The van der Waals surface area contributed by atoms with E-state index in [1.54, 1.807) is 0 Å².